The van der Waals surface area contributed by atoms with Crippen LogP contribution in [0, 0.1) is 34.5 Å². The molecule has 0 unspecified atom stereocenters. The van der Waals surface area contributed by atoms with Crippen molar-refractivity contribution in [3.05, 3.63) is 11.6 Å². The van der Waals surface area contributed by atoms with E-state index in [0.717, 1.165) is 83.2 Å². The summed E-state index contributed by atoms with van der Waals surface area (Å²) in [4.78, 5) is 39.1. The predicted molar refractivity (Wildman–Crippen MR) is 154 cm³/mol. The molecule has 0 radical (unpaired) electrons. The highest BCUT2D eigenvalue weighted by molar-refractivity contribution is 5.85. The van der Waals surface area contributed by atoms with E-state index >= 15 is 0 Å². The highest BCUT2D eigenvalue weighted by Crippen LogP contribution is 2.70. The third-order valence-electron chi connectivity index (χ3n) is 12.4. The molecule has 234 valence electrons. The average molecular weight is 588 g/mol. The highest BCUT2D eigenvalue weighted by atomic mass is 16.6. The van der Waals surface area contributed by atoms with Crippen LogP contribution in [0.15, 0.2) is 11.6 Å². The van der Waals surface area contributed by atoms with Crippen LogP contribution in [0.1, 0.15) is 72.1 Å². The summed E-state index contributed by atoms with van der Waals surface area (Å²) in [5, 5.41) is 19.0. The van der Waals surface area contributed by atoms with Gasteiger partial charge in [-0.3, -0.25) is 9.69 Å². The van der Waals surface area contributed by atoms with E-state index in [1.165, 1.54) is 6.92 Å². The third kappa shape index (κ3) is 5.15. The minimum Gasteiger partial charge on any atom is -0.462 e. The van der Waals surface area contributed by atoms with Crippen molar-refractivity contribution in [2.24, 2.45) is 34.5 Å². The standard InChI is InChI=1S/C32H49N3O7/c1-20(36)41-26-18-32(39)25-5-4-22-17-23(42-29(38)34-12-15-35-13-10-33-11-14-35)6-8-30(22,2)24(25)7-9-31(32,3)28(26)21-16-27(37)40-19-21/h16,22-26,28,33,39H,4-15,17-19H2,1-3H3,(H,34,38)/t22-,23+,24+,25-,26+,28+,30+,31-,32+/m1/s1. The molecule has 4 aliphatic carbocycles. The number of piperazine rings is 1. The first-order chi connectivity index (χ1) is 20.0. The van der Waals surface area contributed by atoms with Crippen molar-refractivity contribution in [2.45, 2.75) is 89.9 Å². The summed E-state index contributed by atoms with van der Waals surface area (Å²) in [6.45, 7) is 11.6. The van der Waals surface area contributed by atoms with Gasteiger partial charge in [0.15, 0.2) is 0 Å². The lowest BCUT2D eigenvalue weighted by molar-refractivity contribution is -0.208. The first kappa shape index (κ1) is 29.9. The smallest absolute Gasteiger partial charge is 0.407 e. The van der Waals surface area contributed by atoms with Gasteiger partial charge in [-0.25, -0.2) is 9.59 Å². The largest absolute Gasteiger partial charge is 0.462 e. The number of rotatable bonds is 6. The topological polar surface area (TPSA) is 126 Å². The number of carbonyl (C=O) groups is 3. The quantitative estimate of drug-likeness (QED) is 0.318. The minimum atomic E-state index is -1.00. The Hall–Kier alpha value is -2.17. The van der Waals surface area contributed by atoms with Gasteiger partial charge in [-0.2, -0.15) is 0 Å². The molecule has 1 saturated heterocycles. The van der Waals surface area contributed by atoms with Crippen molar-refractivity contribution in [3.63, 3.8) is 0 Å². The van der Waals surface area contributed by atoms with Gasteiger partial charge in [-0.05, 0) is 73.7 Å². The van der Waals surface area contributed by atoms with Crippen molar-refractivity contribution in [1.29, 1.82) is 0 Å². The fourth-order valence-corrected chi connectivity index (χ4v) is 10.3. The van der Waals surface area contributed by atoms with E-state index in [0.29, 0.717) is 24.8 Å². The first-order valence-electron chi connectivity index (χ1n) is 16.2. The first-order valence-corrected chi connectivity index (χ1v) is 16.2. The molecule has 10 nitrogen and oxygen atoms in total. The number of amides is 1. The molecule has 5 fully saturated rings. The number of aliphatic hydroxyl groups is 1. The van der Waals surface area contributed by atoms with Gasteiger partial charge in [0, 0.05) is 70.0 Å². The molecule has 0 aromatic rings. The zero-order chi connectivity index (χ0) is 29.7. The van der Waals surface area contributed by atoms with Gasteiger partial charge >= 0.3 is 18.0 Å². The molecule has 0 aromatic carbocycles. The summed E-state index contributed by atoms with van der Waals surface area (Å²) in [5.41, 5.74) is -0.620. The Kier molecular flexibility index (Phi) is 8.11. The normalized spacial score (nSPS) is 43.3. The lowest BCUT2D eigenvalue weighted by Gasteiger charge is -2.63. The van der Waals surface area contributed by atoms with E-state index in [4.69, 9.17) is 14.2 Å². The Morgan fingerprint density at radius 1 is 1.12 bits per heavy atom. The molecule has 3 N–H and O–H groups in total. The summed E-state index contributed by atoms with van der Waals surface area (Å²) in [5.74, 6) is -0.0949. The summed E-state index contributed by atoms with van der Waals surface area (Å²) in [6.07, 6.45) is 7.41. The van der Waals surface area contributed by atoms with Crippen LogP contribution in [-0.2, 0) is 23.8 Å². The molecular formula is C32H49N3O7. The molecule has 9 atom stereocenters. The maximum absolute atomic E-state index is 12.7. The van der Waals surface area contributed by atoms with Crippen LogP contribution in [0.5, 0.6) is 0 Å². The summed E-state index contributed by atoms with van der Waals surface area (Å²) in [6, 6.07) is 0. The number of carbonyl (C=O) groups excluding carboxylic acids is 3. The number of fused-ring (bicyclic) bond motifs is 5. The van der Waals surface area contributed by atoms with Crippen LogP contribution < -0.4 is 10.6 Å². The maximum atomic E-state index is 12.7. The fourth-order valence-electron chi connectivity index (χ4n) is 10.3. The molecule has 0 aromatic heterocycles. The van der Waals surface area contributed by atoms with Gasteiger partial charge in [0.25, 0.3) is 0 Å². The SMILES string of the molecule is CC(=O)O[C@H]1C[C@]2(O)[C@@H]3CC[C@@H]4C[C@@H](OC(=O)NCCN5CCNCC5)CC[C@]4(C)[C@H]3CC[C@]2(C)[C@H]1C1=CC(=O)OC1. The Morgan fingerprint density at radius 3 is 2.62 bits per heavy atom. The van der Waals surface area contributed by atoms with Crippen molar-refractivity contribution >= 4 is 18.0 Å². The molecule has 1 amide bonds. The Balaban J connectivity index is 1.12. The predicted octanol–water partition coefficient (Wildman–Crippen LogP) is 2.79. The molecule has 0 spiro atoms. The highest BCUT2D eigenvalue weighted by Gasteiger charge is 2.71. The summed E-state index contributed by atoms with van der Waals surface area (Å²) >= 11 is 0. The zero-order valence-electron chi connectivity index (χ0n) is 25.5. The van der Waals surface area contributed by atoms with E-state index in [-0.39, 0.29) is 48.0 Å². The van der Waals surface area contributed by atoms with Crippen LogP contribution in [0.25, 0.3) is 0 Å². The average Bonchev–Trinajstić information content (AvgIpc) is 3.46. The molecule has 4 saturated carbocycles. The van der Waals surface area contributed by atoms with Crippen LogP contribution in [0.4, 0.5) is 4.79 Å². The second kappa shape index (κ2) is 11.4. The van der Waals surface area contributed by atoms with E-state index < -0.39 is 17.1 Å². The van der Waals surface area contributed by atoms with Gasteiger partial charge < -0.3 is 30.0 Å². The number of cyclic esters (lactones) is 1. The van der Waals surface area contributed by atoms with Gasteiger partial charge in [-0.15, -0.1) is 0 Å². The second-order valence-corrected chi connectivity index (χ2v) is 14.4. The monoisotopic (exact) mass is 587 g/mol. The Labute approximate surface area is 249 Å². The number of nitrogens with zero attached hydrogens (tertiary/aromatic N) is 1. The van der Waals surface area contributed by atoms with Crippen LogP contribution in [0.2, 0.25) is 0 Å². The molecule has 42 heavy (non-hydrogen) atoms. The van der Waals surface area contributed by atoms with Gasteiger partial charge in [-0.1, -0.05) is 13.8 Å². The Bertz CT molecular complexity index is 1110. The zero-order valence-corrected chi connectivity index (χ0v) is 25.5. The Morgan fingerprint density at radius 2 is 1.90 bits per heavy atom. The van der Waals surface area contributed by atoms with Crippen molar-refractivity contribution in [3.8, 4) is 0 Å². The summed E-state index contributed by atoms with van der Waals surface area (Å²) < 4.78 is 17.0. The van der Waals surface area contributed by atoms with Crippen LogP contribution in [-0.4, -0.2) is 91.7 Å². The van der Waals surface area contributed by atoms with Gasteiger partial charge in [0.2, 0.25) is 0 Å². The molecular weight excluding hydrogens is 538 g/mol. The molecule has 6 rings (SSSR count). The fraction of sp³-hybridized carbons (Fsp3) is 0.844. The van der Waals surface area contributed by atoms with Gasteiger partial charge in [0.1, 0.15) is 18.8 Å². The number of nitrogens with one attached hydrogen (secondary N) is 2. The lowest BCUT2D eigenvalue weighted by atomic mass is 9.43. The number of hydrogen-bond donors (Lipinski definition) is 3. The molecule has 6 aliphatic rings. The van der Waals surface area contributed by atoms with Gasteiger partial charge in [0.05, 0.1) is 5.60 Å². The van der Waals surface area contributed by atoms with Crippen LogP contribution in [0.3, 0.4) is 0 Å². The van der Waals surface area contributed by atoms with E-state index in [9.17, 15) is 19.5 Å². The molecule has 10 heteroatoms. The number of ether oxygens (including phenoxy) is 3. The molecule has 0 bridgehead atoms. The van der Waals surface area contributed by atoms with E-state index in [1.54, 1.807) is 6.08 Å². The van der Waals surface area contributed by atoms with E-state index in [2.05, 4.69) is 29.4 Å². The van der Waals surface area contributed by atoms with Crippen molar-refractivity contribution < 1.29 is 33.7 Å². The van der Waals surface area contributed by atoms with E-state index in [1.807, 2.05) is 0 Å². The van der Waals surface area contributed by atoms with Crippen molar-refractivity contribution in [2.75, 3.05) is 45.9 Å². The van der Waals surface area contributed by atoms with Crippen molar-refractivity contribution in [1.82, 2.24) is 15.5 Å². The molecule has 2 aliphatic heterocycles. The summed E-state index contributed by atoms with van der Waals surface area (Å²) in [7, 11) is 0. The minimum absolute atomic E-state index is 0.0549. The number of esters is 2. The van der Waals surface area contributed by atoms with Crippen LogP contribution >= 0.6 is 0 Å². The third-order valence-corrected chi connectivity index (χ3v) is 12.4. The second-order valence-electron chi connectivity index (χ2n) is 14.4. The maximum Gasteiger partial charge on any atom is 0.407 e. The lowest BCUT2D eigenvalue weighted by Crippen LogP contribution is -2.62. The number of alkyl carbamates (subject to hydrolysis) is 1. The molecule has 2 heterocycles. The number of hydrogen-bond acceptors (Lipinski definition) is 9.